The number of methoxy groups -OCH3 is 2. The summed E-state index contributed by atoms with van der Waals surface area (Å²) in [5, 5.41) is 5.06. The van der Waals surface area contributed by atoms with Crippen LogP contribution in [0.3, 0.4) is 0 Å². The van der Waals surface area contributed by atoms with E-state index in [-0.39, 0.29) is 5.56 Å². The highest BCUT2D eigenvalue weighted by Gasteiger charge is 2.19. The maximum Gasteiger partial charge on any atom is 0.282 e. The molecule has 0 unspecified atom stereocenters. The van der Waals surface area contributed by atoms with Crippen LogP contribution >= 0.6 is 15.9 Å². The first-order valence-electron chi connectivity index (χ1n) is 10.8. The lowest BCUT2D eigenvalue weighted by molar-refractivity contribution is 0.402. The van der Waals surface area contributed by atoms with Crippen LogP contribution in [0.4, 0.5) is 5.69 Å². The number of nitrogens with zero attached hydrogens (tertiary/aromatic N) is 4. The van der Waals surface area contributed by atoms with Crippen molar-refractivity contribution >= 4 is 38.7 Å². The van der Waals surface area contributed by atoms with Crippen molar-refractivity contribution in [1.29, 1.82) is 0 Å². The first-order chi connectivity index (χ1) is 15.5. The SMILES string of the molecule is CCCc1nc2ccc(Br)cc2c(=O)n1N=Cc1cc(OC)c(N2CCCC2)cc1OC. The number of aromatic nitrogens is 2. The third kappa shape index (κ3) is 4.37. The molecule has 2 heterocycles. The van der Waals surface area contributed by atoms with Gasteiger partial charge < -0.3 is 14.4 Å². The van der Waals surface area contributed by atoms with E-state index in [1.165, 1.54) is 17.5 Å². The first kappa shape index (κ1) is 22.3. The summed E-state index contributed by atoms with van der Waals surface area (Å²) < 4.78 is 13.5. The van der Waals surface area contributed by atoms with Gasteiger partial charge in [0.2, 0.25) is 0 Å². The van der Waals surface area contributed by atoms with Crippen molar-refractivity contribution in [2.24, 2.45) is 5.10 Å². The predicted molar refractivity (Wildman–Crippen MR) is 132 cm³/mol. The smallest absolute Gasteiger partial charge is 0.282 e. The van der Waals surface area contributed by atoms with Gasteiger partial charge in [0.15, 0.2) is 0 Å². The molecular formula is C24H27BrN4O3. The Balaban J connectivity index is 1.80. The van der Waals surface area contributed by atoms with E-state index in [1.54, 1.807) is 26.5 Å². The Kier molecular flexibility index (Phi) is 6.79. The van der Waals surface area contributed by atoms with E-state index >= 15 is 0 Å². The number of aryl methyl sites for hydroxylation is 1. The van der Waals surface area contributed by atoms with Crippen LogP contribution in [0.5, 0.6) is 11.5 Å². The average molecular weight is 499 g/mol. The molecule has 1 aliphatic rings. The minimum atomic E-state index is -0.199. The Hall–Kier alpha value is -2.87. The maximum absolute atomic E-state index is 13.2. The zero-order valence-electron chi connectivity index (χ0n) is 18.6. The molecule has 0 aliphatic carbocycles. The minimum Gasteiger partial charge on any atom is -0.496 e. The second-order valence-electron chi connectivity index (χ2n) is 7.76. The molecule has 7 nitrogen and oxygen atoms in total. The number of fused-ring (bicyclic) bond motifs is 1. The molecule has 32 heavy (non-hydrogen) atoms. The van der Waals surface area contributed by atoms with Crippen molar-refractivity contribution in [1.82, 2.24) is 9.66 Å². The normalized spacial score (nSPS) is 13.9. The van der Waals surface area contributed by atoms with Crippen LogP contribution in [0, 0.1) is 0 Å². The predicted octanol–water partition coefficient (Wildman–Crippen LogP) is 4.61. The fourth-order valence-electron chi connectivity index (χ4n) is 4.03. The van der Waals surface area contributed by atoms with Gasteiger partial charge in [-0.25, -0.2) is 4.98 Å². The number of rotatable bonds is 7. The standard InChI is InChI=1S/C24H27BrN4O3/c1-4-7-23-27-19-9-8-17(25)13-18(19)24(30)29(23)26-15-16-12-22(32-3)20(14-21(16)31-2)28-10-5-6-11-28/h8-9,12-15H,4-7,10-11H2,1-3H3. The largest absolute Gasteiger partial charge is 0.496 e. The number of ether oxygens (including phenoxy) is 2. The second kappa shape index (κ2) is 9.73. The molecule has 0 radical (unpaired) electrons. The van der Waals surface area contributed by atoms with Crippen LogP contribution in [0.2, 0.25) is 0 Å². The summed E-state index contributed by atoms with van der Waals surface area (Å²) in [6.45, 7) is 4.05. The summed E-state index contributed by atoms with van der Waals surface area (Å²) in [5.41, 5.74) is 2.22. The molecule has 1 aromatic heterocycles. The Morgan fingerprint density at radius 3 is 2.56 bits per heavy atom. The molecule has 0 atom stereocenters. The van der Waals surface area contributed by atoms with Crippen molar-refractivity contribution < 1.29 is 9.47 Å². The lowest BCUT2D eigenvalue weighted by Crippen LogP contribution is -2.22. The van der Waals surface area contributed by atoms with Gasteiger partial charge in [-0.15, -0.1) is 0 Å². The molecule has 2 aromatic carbocycles. The highest BCUT2D eigenvalue weighted by atomic mass is 79.9. The number of anilines is 1. The van der Waals surface area contributed by atoms with Crippen LogP contribution in [0.1, 0.15) is 37.6 Å². The fourth-order valence-corrected chi connectivity index (χ4v) is 4.39. The Bertz CT molecular complexity index is 1220. The number of hydrogen-bond donors (Lipinski definition) is 0. The fraction of sp³-hybridized carbons (Fsp3) is 0.375. The Morgan fingerprint density at radius 1 is 1.12 bits per heavy atom. The third-order valence-electron chi connectivity index (χ3n) is 5.64. The van der Waals surface area contributed by atoms with Gasteiger partial charge in [0.25, 0.3) is 5.56 Å². The lowest BCUT2D eigenvalue weighted by atomic mass is 10.1. The van der Waals surface area contributed by atoms with Gasteiger partial charge in [0.05, 0.1) is 37.0 Å². The summed E-state index contributed by atoms with van der Waals surface area (Å²) in [6, 6.07) is 9.40. The molecule has 0 N–H and O–H groups in total. The molecular weight excluding hydrogens is 472 g/mol. The van der Waals surface area contributed by atoms with E-state index in [2.05, 4.69) is 37.8 Å². The van der Waals surface area contributed by atoms with Crippen LogP contribution in [0.15, 0.2) is 44.7 Å². The molecule has 3 aromatic rings. The Morgan fingerprint density at radius 2 is 1.88 bits per heavy atom. The van der Waals surface area contributed by atoms with Gasteiger partial charge in [-0.05, 0) is 43.5 Å². The summed E-state index contributed by atoms with van der Waals surface area (Å²) in [5.74, 6) is 2.07. The van der Waals surface area contributed by atoms with E-state index in [1.807, 2.05) is 24.3 Å². The zero-order chi connectivity index (χ0) is 22.7. The van der Waals surface area contributed by atoms with Crippen LogP contribution in [-0.2, 0) is 6.42 Å². The van der Waals surface area contributed by atoms with E-state index in [0.717, 1.165) is 41.0 Å². The van der Waals surface area contributed by atoms with Crippen molar-refractivity contribution in [3.05, 3.63) is 56.5 Å². The van der Waals surface area contributed by atoms with Crippen LogP contribution in [-0.4, -0.2) is 43.2 Å². The van der Waals surface area contributed by atoms with Gasteiger partial charge in [0.1, 0.15) is 17.3 Å². The van der Waals surface area contributed by atoms with E-state index in [9.17, 15) is 4.79 Å². The summed E-state index contributed by atoms with van der Waals surface area (Å²) in [4.78, 5) is 20.2. The summed E-state index contributed by atoms with van der Waals surface area (Å²) in [6.07, 6.45) is 5.48. The maximum atomic E-state index is 13.2. The molecule has 1 saturated heterocycles. The highest BCUT2D eigenvalue weighted by Crippen LogP contribution is 2.36. The third-order valence-corrected chi connectivity index (χ3v) is 6.13. The van der Waals surface area contributed by atoms with Gasteiger partial charge in [-0.1, -0.05) is 22.9 Å². The molecule has 1 aliphatic heterocycles. The molecule has 1 fully saturated rings. The first-order valence-corrected chi connectivity index (χ1v) is 11.6. The molecule has 8 heteroatoms. The molecule has 0 amide bonds. The van der Waals surface area contributed by atoms with Crippen molar-refractivity contribution in [2.75, 3.05) is 32.2 Å². The number of benzene rings is 2. The van der Waals surface area contributed by atoms with Crippen LogP contribution < -0.4 is 19.9 Å². The molecule has 168 valence electrons. The van der Waals surface area contributed by atoms with E-state index < -0.39 is 0 Å². The topological polar surface area (TPSA) is 69.0 Å². The average Bonchev–Trinajstić information content (AvgIpc) is 3.34. The number of hydrogen-bond acceptors (Lipinski definition) is 6. The van der Waals surface area contributed by atoms with E-state index in [4.69, 9.17) is 9.47 Å². The zero-order valence-corrected chi connectivity index (χ0v) is 20.2. The van der Waals surface area contributed by atoms with Gasteiger partial charge in [0, 0.05) is 35.6 Å². The monoisotopic (exact) mass is 498 g/mol. The van der Waals surface area contributed by atoms with Crippen molar-refractivity contribution in [2.45, 2.75) is 32.6 Å². The van der Waals surface area contributed by atoms with Gasteiger partial charge in [-0.3, -0.25) is 4.79 Å². The molecule has 0 spiro atoms. The van der Waals surface area contributed by atoms with Gasteiger partial charge >= 0.3 is 0 Å². The Labute approximate surface area is 195 Å². The lowest BCUT2D eigenvalue weighted by Gasteiger charge is -2.22. The molecule has 4 rings (SSSR count). The quantitative estimate of drug-likeness (QED) is 0.444. The summed E-state index contributed by atoms with van der Waals surface area (Å²) >= 11 is 3.44. The summed E-state index contributed by atoms with van der Waals surface area (Å²) in [7, 11) is 3.30. The van der Waals surface area contributed by atoms with E-state index in [0.29, 0.717) is 28.9 Å². The van der Waals surface area contributed by atoms with Crippen molar-refractivity contribution in [3.63, 3.8) is 0 Å². The molecule has 0 bridgehead atoms. The second-order valence-corrected chi connectivity index (χ2v) is 8.68. The number of halogens is 1. The minimum absolute atomic E-state index is 0.199. The van der Waals surface area contributed by atoms with Gasteiger partial charge in [-0.2, -0.15) is 9.78 Å². The van der Waals surface area contributed by atoms with Crippen molar-refractivity contribution in [3.8, 4) is 11.5 Å². The molecule has 0 saturated carbocycles. The van der Waals surface area contributed by atoms with Crippen LogP contribution in [0.25, 0.3) is 10.9 Å². The highest BCUT2D eigenvalue weighted by molar-refractivity contribution is 9.10.